The third kappa shape index (κ3) is 37.0. The summed E-state index contributed by atoms with van der Waals surface area (Å²) >= 11 is 5.83. The van der Waals surface area contributed by atoms with Crippen molar-refractivity contribution in [3.8, 4) is 0 Å². The molecule has 0 aliphatic heterocycles. The van der Waals surface area contributed by atoms with Crippen LogP contribution in [0.4, 0.5) is 0 Å². The average Bonchev–Trinajstić information content (AvgIpc) is 2.39. The van der Waals surface area contributed by atoms with Crippen molar-refractivity contribution in [2.45, 2.75) is 64.2 Å². The molecule has 0 aromatic heterocycles. The van der Waals surface area contributed by atoms with E-state index in [-0.39, 0.29) is 53.5 Å². The summed E-state index contributed by atoms with van der Waals surface area (Å²) in [7, 11) is 0. The zero-order valence-electron chi connectivity index (χ0n) is 13.2. The van der Waals surface area contributed by atoms with Gasteiger partial charge in [-0.3, -0.25) is 0 Å². The Hall–Kier alpha value is 2.42. The molecule has 0 fully saturated rings. The predicted molar refractivity (Wildman–Crippen MR) is 99.2 cm³/mol. The van der Waals surface area contributed by atoms with Crippen LogP contribution < -0.4 is 53.5 Å². The number of allylic oxidation sites excluding steroid dienone is 2. The van der Waals surface area contributed by atoms with Crippen LogP contribution in [0.5, 0.6) is 0 Å². The summed E-state index contributed by atoms with van der Waals surface area (Å²) in [6.45, 7) is 7.35. The maximum Gasteiger partial charge on any atom is 1.00 e. The van der Waals surface area contributed by atoms with Gasteiger partial charge < -0.3 is 24.0 Å². The van der Waals surface area contributed by atoms with E-state index in [9.17, 15) is 0 Å². The molecule has 20 heavy (non-hydrogen) atoms. The number of rotatable bonds is 12. The fraction of sp³-hybridized carbons (Fsp3) is 0.750. The van der Waals surface area contributed by atoms with Crippen molar-refractivity contribution in [1.29, 1.82) is 0 Å². The minimum absolute atomic E-state index is 0. The number of hydrogen-bond acceptors (Lipinski definition) is 0. The van der Waals surface area contributed by atoms with Crippen molar-refractivity contribution in [2.24, 2.45) is 0 Å². The van der Waals surface area contributed by atoms with Crippen LogP contribution in [-0.2, 0) is 0 Å². The van der Waals surface area contributed by atoms with Crippen molar-refractivity contribution < 1.29 is 53.5 Å². The number of alkyl halides is 2. The summed E-state index contributed by atoms with van der Waals surface area (Å²) in [6, 6.07) is 0. The van der Waals surface area contributed by atoms with Gasteiger partial charge in [-0.1, -0.05) is 76.4 Å². The van der Waals surface area contributed by atoms with Gasteiger partial charge in [-0.05, 0) is 43.0 Å². The van der Waals surface area contributed by atoms with Crippen molar-refractivity contribution in [2.75, 3.05) is 9.76 Å². The van der Waals surface area contributed by atoms with Crippen LogP contribution in [0.15, 0.2) is 25.3 Å². The Bertz CT molecular complexity index is 149. The van der Waals surface area contributed by atoms with Crippen molar-refractivity contribution in [3.05, 3.63) is 25.3 Å². The van der Waals surface area contributed by atoms with E-state index in [0.29, 0.717) is 0 Å². The zero-order valence-corrected chi connectivity index (χ0v) is 21.1. The normalized spacial score (nSPS) is 8.50. The Morgan fingerprint density at radius 3 is 1.50 bits per heavy atom. The van der Waals surface area contributed by atoms with Gasteiger partial charge in [0.15, 0.2) is 0 Å². The van der Waals surface area contributed by atoms with Gasteiger partial charge >= 0.3 is 29.6 Å². The molecule has 116 valence electrons. The van der Waals surface area contributed by atoms with E-state index in [0.717, 1.165) is 5.33 Å². The first kappa shape index (κ1) is 30.3. The molecule has 0 aliphatic carbocycles. The molecule has 0 atom stereocenters. The molecule has 0 nitrogen and oxygen atoms in total. The van der Waals surface area contributed by atoms with Gasteiger partial charge in [-0.15, -0.1) is 13.2 Å². The SMILES string of the molecule is C=CCCCCCCBr.C=CCCCCCCI.[I-].[Na+]. The van der Waals surface area contributed by atoms with Gasteiger partial charge in [0, 0.05) is 5.33 Å². The van der Waals surface area contributed by atoms with E-state index < -0.39 is 0 Å². The van der Waals surface area contributed by atoms with Crippen LogP contribution in [0.25, 0.3) is 0 Å². The third-order valence-electron chi connectivity index (χ3n) is 2.58. The molecular weight excluding hydrogens is 549 g/mol. The van der Waals surface area contributed by atoms with Gasteiger partial charge in [0.05, 0.1) is 0 Å². The molecule has 0 aromatic rings. The second-order valence-corrected chi connectivity index (χ2v) is 6.23. The van der Waals surface area contributed by atoms with Crippen LogP contribution in [-0.4, -0.2) is 9.76 Å². The molecule has 0 unspecified atom stereocenters. The van der Waals surface area contributed by atoms with Crippen molar-refractivity contribution in [1.82, 2.24) is 0 Å². The Labute approximate surface area is 189 Å². The predicted octanol–water partition coefficient (Wildman–Crippen LogP) is 1.08. The molecule has 0 bridgehead atoms. The summed E-state index contributed by atoms with van der Waals surface area (Å²) < 4.78 is 1.31. The van der Waals surface area contributed by atoms with Gasteiger partial charge in [0.2, 0.25) is 0 Å². The molecule has 0 rings (SSSR count). The maximum atomic E-state index is 3.68. The fourth-order valence-electron chi connectivity index (χ4n) is 1.47. The molecule has 0 aliphatic rings. The first-order valence-electron chi connectivity index (χ1n) is 7.17. The van der Waals surface area contributed by atoms with Gasteiger partial charge in [-0.2, -0.15) is 0 Å². The smallest absolute Gasteiger partial charge is 1.00 e. The molecule has 0 heterocycles. The summed E-state index contributed by atoms with van der Waals surface area (Å²) in [4.78, 5) is 0. The van der Waals surface area contributed by atoms with Gasteiger partial charge in [0.1, 0.15) is 0 Å². The number of halogens is 3. The van der Waals surface area contributed by atoms with Crippen LogP contribution in [0.1, 0.15) is 64.2 Å². The van der Waals surface area contributed by atoms with E-state index >= 15 is 0 Å². The molecule has 0 saturated carbocycles. The zero-order chi connectivity index (χ0) is 13.9. The van der Waals surface area contributed by atoms with Crippen molar-refractivity contribution in [3.63, 3.8) is 0 Å². The van der Waals surface area contributed by atoms with E-state index in [1.807, 2.05) is 12.2 Å². The molecule has 0 N–H and O–H groups in total. The van der Waals surface area contributed by atoms with E-state index in [4.69, 9.17) is 0 Å². The van der Waals surface area contributed by atoms with E-state index in [2.05, 4.69) is 51.7 Å². The Morgan fingerprint density at radius 1 is 0.750 bits per heavy atom. The first-order valence-corrected chi connectivity index (χ1v) is 9.81. The topological polar surface area (TPSA) is 0 Å². The third-order valence-corrected chi connectivity index (χ3v) is 3.91. The second kappa shape index (κ2) is 33.1. The van der Waals surface area contributed by atoms with Crippen LogP contribution in [0, 0.1) is 0 Å². The maximum absolute atomic E-state index is 3.68. The molecule has 0 aromatic carbocycles. The van der Waals surface area contributed by atoms with E-state index in [1.165, 1.54) is 68.6 Å². The minimum atomic E-state index is 0. The second-order valence-electron chi connectivity index (χ2n) is 4.36. The fourth-order valence-corrected chi connectivity index (χ4v) is 2.41. The molecular formula is C16H30BrI2Na. The molecule has 0 amide bonds. The largest absolute Gasteiger partial charge is 1.00 e. The number of unbranched alkanes of at least 4 members (excludes halogenated alkanes) is 8. The van der Waals surface area contributed by atoms with Gasteiger partial charge in [-0.25, -0.2) is 0 Å². The molecule has 4 heteroatoms. The first-order chi connectivity index (χ1) is 8.83. The molecule has 0 radical (unpaired) electrons. The molecule has 0 saturated heterocycles. The van der Waals surface area contributed by atoms with E-state index in [1.54, 1.807) is 0 Å². The van der Waals surface area contributed by atoms with Crippen molar-refractivity contribution >= 4 is 38.5 Å². The van der Waals surface area contributed by atoms with Gasteiger partial charge in [0.25, 0.3) is 0 Å². The van der Waals surface area contributed by atoms with Crippen LogP contribution in [0.2, 0.25) is 0 Å². The Kier molecular flexibility index (Phi) is 50.2. The summed E-state index contributed by atoms with van der Waals surface area (Å²) in [5, 5.41) is 1.15. The quantitative estimate of drug-likeness (QED) is 0.107. The number of hydrogen-bond donors (Lipinski definition) is 0. The standard InChI is InChI=1S/C8H15Br.C8H15I.HI.Na/c2*1-2-3-4-5-6-7-8-9;;/h2*2H,1,3-8H2;1H;/q;;;+1/p-1. The Balaban J connectivity index is -0.000000116. The summed E-state index contributed by atoms with van der Waals surface area (Å²) in [5.74, 6) is 0. The Morgan fingerprint density at radius 2 is 1.15 bits per heavy atom. The summed E-state index contributed by atoms with van der Waals surface area (Å²) in [5.41, 5.74) is 0. The van der Waals surface area contributed by atoms with Crippen LogP contribution >= 0.6 is 38.5 Å². The van der Waals surface area contributed by atoms with Crippen LogP contribution in [0.3, 0.4) is 0 Å². The monoisotopic (exact) mass is 578 g/mol. The minimum Gasteiger partial charge on any atom is -1.00 e. The summed E-state index contributed by atoms with van der Waals surface area (Å²) in [6.07, 6.45) is 17.2. The average molecular weight is 579 g/mol. The molecule has 0 spiro atoms.